The Morgan fingerprint density at radius 2 is 2.12 bits per heavy atom. The van der Waals surface area contributed by atoms with Gasteiger partial charge in [0.05, 0.1) is 33.5 Å². The number of ether oxygens (including phenoxy) is 1. The summed E-state index contributed by atoms with van der Waals surface area (Å²) in [6.45, 7) is 3.44. The first kappa shape index (κ1) is 16.9. The first-order chi connectivity index (χ1) is 12.0. The molecule has 2 aliphatic rings. The molecule has 1 aromatic carbocycles. The molecule has 6 nitrogen and oxygen atoms in total. The Morgan fingerprint density at radius 1 is 1.36 bits per heavy atom. The van der Waals surface area contributed by atoms with Crippen molar-refractivity contribution in [3.05, 3.63) is 28.8 Å². The number of likely N-dealkylation sites (tertiary alicyclic amines) is 1. The molecule has 0 radical (unpaired) electrons. The second-order valence-corrected chi connectivity index (χ2v) is 8.16. The van der Waals surface area contributed by atoms with Gasteiger partial charge >= 0.3 is 0 Å². The number of aromatic nitrogens is 1. The third kappa shape index (κ3) is 2.95. The molecule has 3 heterocycles. The van der Waals surface area contributed by atoms with Crippen LogP contribution >= 0.6 is 11.3 Å². The van der Waals surface area contributed by atoms with Crippen LogP contribution in [0.3, 0.4) is 0 Å². The molecule has 2 atom stereocenters. The maximum atomic E-state index is 12.8. The SMILES string of the molecule is Cc1nc2ccc(C(=O)N3CCC4(CC3)OCC[C@H](O)[C@@H]4O)cc2s1. The van der Waals surface area contributed by atoms with Crippen LogP contribution in [-0.2, 0) is 4.74 Å². The molecular formula is C18H22N2O4S. The van der Waals surface area contributed by atoms with E-state index in [1.165, 1.54) is 0 Å². The van der Waals surface area contributed by atoms with Gasteiger partial charge in [0, 0.05) is 18.7 Å². The van der Waals surface area contributed by atoms with E-state index in [0.717, 1.165) is 15.2 Å². The van der Waals surface area contributed by atoms with Crippen molar-refractivity contribution in [1.82, 2.24) is 9.88 Å². The van der Waals surface area contributed by atoms with E-state index in [1.54, 1.807) is 16.2 Å². The normalized spacial score (nSPS) is 26.3. The van der Waals surface area contributed by atoms with E-state index in [1.807, 2.05) is 25.1 Å². The summed E-state index contributed by atoms with van der Waals surface area (Å²) in [5.74, 6) is -0.00588. The highest BCUT2D eigenvalue weighted by Gasteiger charge is 2.48. The van der Waals surface area contributed by atoms with E-state index in [2.05, 4.69) is 4.98 Å². The van der Waals surface area contributed by atoms with Crippen molar-refractivity contribution >= 4 is 27.5 Å². The van der Waals surface area contributed by atoms with Gasteiger partial charge in [-0.2, -0.15) is 0 Å². The third-order valence-corrected chi connectivity index (χ3v) is 6.28. The molecule has 0 bridgehead atoms. The fourth-order valence-corrected chi connectivity index (χ4v) is 4.73. The van der Waals surface area contributed by atoms with Gasteiger partial charge in [-0.3, -0.25) is 4.79 Å². The van der Waals surface area contributed by atoms with Gasteiger partial charge in [-0.25, -0.2) is 4.98 Å². The standard InChI is InChI=1S/C18H22N2O4S/c1-11-19-13-3-2-12(10-15(13)25-11)17(23)20-7-5-18(6-8-20)16(22)14(21)4-9-24-18/h2-3,10,14,16,21-22H,4-9H2,1H3/t14-,16-/m0/s1. The summed E-state index contributed by atoms with van der Waals surface area (Å²) in [6, 6.07) is 5.62. The van der Waals surface area contributed by atoms with Crippen molar-refractivity contribution in [3.8, 4) is 0 Å². The van der Waals surface area contributed by atoms with E-state index in [4.69, 9.17) is 4.74 Å². The third-order valence-electron chi connectivity index (χ3n) is 5.35. The molecule has 134 valence electrons. The lowest BCUT2D eigenvalue weighted by Crippen LogP contribution is -2.60. The molecule has 2 saturated heterocycles. The van der Waals surface area contributed by atoms with Gasteiger partial charge in [0.15, 0.2) is 0 Å². The summed E-state index contributed by atoms with van der Waals surface area (Å²) in [5.41, 5.74) is 0.870. The van der Waals surface area contributed by atoms with Crippen molar-refractivity contribution < 1.29 is 19.7 Å². The second-order valence-electron chi connectivity index (χ2n) is 6.92. The molecule has 1 spiro atoms. The number of carbonyl (C=O) groups is 1. The van der Waals surface area contributed by atoms with Crippen LogP contribution in [0.1, 0.15) is 34.6 Å². The van der Waals surface area contributed by atoms with Crippen molar-refractivity contribution in [3.63, 3.8) is 0 Å². The van der Waals surface area contributed by atoms with Gasteiger partial charge in [0.2, 0.25) is 0 Å². The molecule has 0 saturated carbocycles. The summed E-state index contributed by atoms with van der Waals surface area (Å²) in [6.07, 6.45) is -0.0829. The first-order valence-electron chi connectivity index (χ1n) is 8.65. The number of piperidine rings is 1. The number of nitrogens with zero attached hydrogens (tertiary/aromatic N) is 2. The van der Waals surface area contributed by atoms with Gasteiger partial charge < -0.3 is 19.8 Å². The Hall–Kier alpha value is -1.54. The van der Waals surface area contributed by atoms with Crippen molar-refractivity contribution in [1.29, 1.82) is 0 Å². The zero-order valence-corrected chi connectivity index (χ0v) is 15.0. The lowest BCUT2D eigenvalue weighted by atomic mass is 9.80. The van der Waals surface area contributed by atoms with Crippen molar-refractivity contribution in [2.24, 2.45) is 0 Å². The molecule has 2 aromatic rings. The first-order valence-corrected chi connectivity index (χ1v) is 9.47. The average Bonchev–Trinajstić information content (AvgIpc) is 2.99. The number of aryl methyl sites for hydroxylation is 1. The number of fused-ring (bicyclic) bond motifs is 1. The number of aliphatic hydroxyl groups is 2. The summed E-state index contributed by atoms with van der Waals surface area (Å²) in [5, 5.41) is 21.3. The molecule has 2 N–H and O–H groups in total. The molecule has 2 fully saturated rings. The monoisotopic (exact) mass is 362 g/mol. The van der Waals surface area contributed by atoms with Crippen LogP contribution in [0.15, 0.2) is 18.2 Å². The van der Waals surface area contributed by atoms with Crippen LogP contribution in [0.4, 0.5) is 0 Å². The Labute approximate surface area is 150 Å². The van der Waals surface area contributed by atoms with Gasteiger partial charge in [0.1, 0.15) is 6.10 Å². The molecule has 7 heteroatoms. The molecule has 2 aliphatic heterocycles. The molecular weight excluding hydrogens is 340 g/mol. The molecule has 25 heavy (non-hydrogen) atoms. The second kappa shape index (κ2) is 6.32. The van der Waals surface area contributed by atoms with Gasteiger partial charge in [0.25, 0.3) is 5.91 Å². The summed E-state index contributed by atoms with van der Waals surface area (Å²) in [7, 11) is 0. The molecule has 0 unspecified atom stereocenters. The van der Waals surface area contributed by atoms with E-state index >= 15 is 0 Å². The topological polar surface area (TPSA) is 82.9 Å². The van der Waals surface area contributed by atoms with Gasteiger partial charge in [-0.05, 0) is 44.4 Å². The minimum atomic E-state index is -0.880. The van der Waals surface area contributed by atoms with Crippen LogP contribution in [-0.4, -0.2) is 63.5 Å². The maximum Gasteiger partial charge on any atom is 0.253 e. The molecule has 1 aromatic heterocycles. The highest BCUT2D eigenvalue weighted by molar-refractivity contribution is 7.18. The number of thiazole rings is 1. The van der Waals surface area contributed by atoms with Crippen molar-refractivity contribution in [2.45, 2.75) is 44.0 Å². The summed E-state index contributed by atoms with van der Waals surface area (Å²) >= 11 is 1.59. The molecule has 1 amide bonds. The zero-order chi connectivity index (χ0) is 17.6. The predicted molar refractivity (Wildman–Crippen MR) is 94.8 cm³/mol. The number of rotatable bonds is 1. The minimum Gasteiger partial charge on any atom is -0.390 e. The van der Waals surface area contributed by atoms with E-state index < -0.39 is 17.8 Å². The fraction of sp³-hybridized carbons (Fsp3) is 0.556. The van der Waals surface area contributed by atoms with Crippen molar-refractivity contribution in [2.75, 3.05) is 19.7 Å². The average molecular weight is 362 g/mol. The number of carbonyl (C=O) groups excluding carboxylic acids is 1. The van der Waals surface area contributed by atoms with Crippen LogP contribution < -0.4 is 0 Å². The Morgan fingerprint density at radius 3 is 2.88 bits per heavy atom. The largest absolute Gasteiger partial charge is 0.390 e. The Balaban J connectivity index is 1.48. The number of aliphatic hydroxyl groups excluding tert-OH is 2. The number of hydrogen-bond acceptors (Lipinski definition) is 6. The summed E-state index contributed by atoms with van der Waals surface area (Å²) < 4.78 is 6.85. The van der Waals surface area contributed by atoms with Crippen LogP contribution in [0, 0.1) is 6.92 Å². The van der Waals surface area contributed by atoms with Crippen LogP contribution in [0.5, 0.6) is 0 Å². The Kier molecular flexibility index (Phi) is 4.27. The number of benzene rings is 1. The fourth-order valence-electron chi connectivity index (χ4n) is 3.86. The highest BCUT2D eigenvalue weighted by Crippen LogP contribution is 2.36. The molecule has 0 aliphatic carbocycles. The lowest BCUT2D eigenvalue weighted by Gasteiger charge is -2.48. The molecule has 4 rings (SSSR count). The van der Waals surface area contributed by atoms with Gasteiger partial charge in [-0.15, -0.1) is 11.3 Å². The highest BCUT2D eigenvalue weighted by atomic mass is 32.1. The number of hydrogen-bond donors (Lipinski definition) is 2. The Bertz CT molecular complexity index is 797. The zero-order valence-electron chi connectivity index (χ0n) is 14.1. The maximum absolute atomic E-state index is 12.8. The van der Waals surface area contributed by atoms with E-state index in [-0.39, 0.29) is 5.91 Å². The predicted octanol–water partition coefficient (Wildman–Crippen LogP) is 1.72. The lowest BCUT2D eigenvalue weighted by molar-refractivity contribution is -0.212. The van der Waals surface area contributed by atoms with Gasteiger partial charge in [-0.1, -0.05) is 0 Å². The van der Waals surface area contributed by atoms with Crippen LogP contribution in [0.25, 0.3) is 10.2 Å². The summed E-state index contributed by atoms with van der Waals surface area (Å²) in [4.78, 5) is 19.1. The minimum absolute atomic E-state index is 0.00588. The van der Waals surface area contributed by atoms with Crippen LogP contribution in [0.2, 0.25) is 0 Å². The number of amides is 1. The van der Waals surface area contributed by atoms with E-state index in [9.17, 15) is 15.0 Å². The van der Waals surface area contributed by atoms with E-state index in [0.29, 0.717) is 44.5 Å². The smallest absolute Gasteiger partial charge is 0.253 e. The quantitative estimate of drug-likeness (QED) is 0.807.